The monoisotopic (exact) mass is 276 g/mol. The summed E-state index contributed by atoms with van der Waals surface area (Å²) < 4.78 is 6.02. The number of nitrogens with one attached hydrogen (secondary N) is 1. The zero-order valence-electron chi connectivity index (χ0n) is 12.1. The quantitative estimate of drug-likeness (QED) is 0.857. The first kappa shape index (κ1) is 16.2. The standard InChI is InChI=1S/C14H28N2O.ClH/c1-4-16-7-5-6-13(10-16)8-14(3)15-9-12(2)11-17-14;/h12-13,15H,4-11H2,1-3H3;1H. The lowest BCUT2D eigenvalue weighted by Crippen LogP contribution is -2.54. The number of hydrogen-bond acceptors (Lipinski definition) is 3. The summed E-state index contributed by atoms with van der Waals surface area (Å²) in [5.74, 6) is 1.45. The van der Waals surface area contributed by atoms with Gasteiger partial charge in [0, 0.05) is 13.1 Å². The molecule has 0 aromatic carbocycles. The predicted molar refractivity (Wildman–Crippen MR) is 78.2 cm³/mol. The van der Waals surface area contributed by atoms with Crippen LogP contribution in [-0.2, 0) is 4.74 Å². The van der Waals surface area contributed by atoms with Gasteiger partial charge in [0.25, 0.3) is 0 Å². The number of nitrogens with zero attached hydrogens (tertiary/aromatic N) is 1. The fraction of sp³-hybridized carbons (Fsp3) is 1.00. The maximum atomic E-state index is 6.02. The Hall–Kier alpha value is 0.170. The number of likely N-dealkylation sites (tertiary alicyclic amines) is 1. The highest BCUT2D eigenvalue weighted by Gasteiger charge is 2.33. The van der Waals surface area contributed by atoms with Crippen molar-refractivity contribution in [2.24, 2.45) is 11.8 Å². The molecule has 3 atom stereocenters. The third-order valence-electron chi connectivity index (χ3n) is 4.24. The minimum atomic E-state index is -0.0755. The lowest BCUT2D eigenvalue weighted by atomic mass is 9.89. The summed E-state index contributed by atoms with van der Waals surface area (Å²) in [7, 11) is 0. The Kier molecular flexibility index (Phi) is 6.39. The first-order valence-corrected chi connectivity index (χ1v) is 7.22. The molecule has 0 spiro atoms. The molecule has 0 aromatic heterocycles. The largest absolute Gasteiger partial charge is 0.361 e. The van der Waals surface area contributed by atoms with Crippen LogP contribution in [0.3, 0.4) is 0 Å². The number of halogens is 1. The van der Waals surface area contributed by atoms with Crippen molar-refractivity contribution in [1.82, 2.24) is 10.2 Å². The molecule has 0 aromatic rings. The van der Waals surface area contributed by atoms with E-state index in [1.54, 1.807) is 0 Å². The molecule has 0 saturated carbocycles. The Bertz CT molecular complexity index is 242. The first-order chi connectivity index (χ1) is 8.11. The van der Waals surface area contributed by atoms with Crippen molar-refractivity contribution in [2.45, 2.75) is 45.8 Å². The molecule has 2 rings (SSSR count). The second kappa shape index (κ2) is 7.09. The van der Waals surface area contributed by atoms with Crippen molar-refractivity contribution in [2.75, 3.05) is 32.8 Å². The fourth-order valence-corrected chi connectivity index (χ4v) is 3.11. The molecule has 2 saturated heterocycles. The Morgan fingerprint density at radius 3 is 2.83 bits per heavy atom. The van der Waals surface area contributed by atoms with Crippen LogP contribution in [0, 0.1) is 11.8 Å². The van der Waals surface area contributed by atoms with Gasteiger partial charge in [-0.2, -0.15) is 0 Å². The molecular weight excluding hydrogens is 248 g/mol. The molecule has 2 aliphatic heterocycles. The van der Waals surface area contributed by atoms with Crippen molar-refractivity contribution >= 4 is 12.4 Å². The molecule has 2 heterocycles. The Labute approximate surface area is 118 Å². The molecule has 18 heavy (non-hydrogen) atoms. The molecular formula is C14H29ClN2O. The van der Waals surface area contributed by atoms with Gasteiger partial charge >= 0.3 is 0 Å². The molecule has 0 amide bonds. The molecule has 0 aliphatic carbocycles. The van der Waals surface area contributed by atoms with E-state index in [0.29, 0.717) is 5.92 Å². The number of rotatable bonds is 3. The van der Waals surface area contributed by atoms with Gasteiger partial charge in [0.2, 0.25) is 0 Å². The molecule has 1 N–H and O–H groups in total. The predicted octanol–water partition coefficient (Wildman–Crippen LogP) is 2.50. The van der Waals surface area contributed by atoms with Gasteiger partial charge in [-0.3, -0.25) is 5.32 Å². The second-order valence-corrected chi connectivity index (χ2v) is 6.13. The zero-order chi connectivity index (χ0) is 12.3. The van der Waals surface area contributed by atoms with E-state index >= 15 is 0 Å². The van der Waals surface area contributed by atoms with E-state index in [9.17, 15) is 0 Å². The lowest BCUT2D eigenvalue weighted by Gasteiger charge is -2.42. The molecule has 3 nitrogen and oxygen atoms in total. The van der Waals surface area contributed by atoms with Gasteiger partial charge in [0.15, 0.2) is 0 Å². The molecule has 2 aliphatic rings. The van der Waals surface area contributed by atoms with Gasteiger partial charge in [-0.25, -0.2) is 0 Å². The van der Waals surface area contributed by atoms with Crippen molar-refractivity contribution in [1.29, 1.82) is 0 Å². The number of piperidine rings is 1. The minimum absolute atomic E-state index is 0. The van der Waals surface area contributed by atoms with Crippen LogP contribution in [-0.4, -0.2) is 43.4 Å². The summed E-state index contributed by atoms with van der Waals surface area (Å²) in [6, 6.07) is 0. The summed E-state index contributed by atoms with van der Waals surface area (Å²) >= 11 is 0. The van der Waals surface area contributed by atoms with Crippen LogP contribution in [0.2, 0.25) is 0 Å². The average Bonchev–Trinajstić information content (AvgIpc) is 2.33. The summed E-state index contributed by atoms with van der Waals surface area (Å²) in [6.45, 7) is 12.5. The van der Waals surface area contributed by atoms with E-state index in [2.05, 4.69) is 31.0 Å². The Morgan fingerprint density at radius 1 is 1.44 bits per heavy atom. The second-order valence-electron chi connectivity index (χ2n) is 6.13. The van der Waals surface area contributed by atoms with E-state index in [0.717, 1.165) is 25.5 Å². The molecule has 4 heteroatoms. The number of hydrogen-bond donors (Lipinski definition) is 1. The molecule has 2 fully saturated rings. The maximum Gasteiger partial charge on any atom is 0.116 e. The van der Waals surface area contributed by atoms with E-state index < -0.39 is 0 Å². The summed E-state index contributed by atoms with van der Waals surface area (Å²) in [6.07, 6.45) is 3.88. The highest BCUT2D eigenvalue weighted by Crippen LogP contribution is 2.28. The Morgan fingerprint density at radius 2 is 2.22 bits per heavy atom. The first-order valence-electron chi connectivity index (χ1n) is 7.22. The third kappa shape index (κ3) is 4.37. The van der Waals surface area contributed by atoms with Gasteiger partial charge in [0.05, 0.1) is 6.61 Å². The maximum absolute atomic E-state index is 6.02. The molecule has 0 bridgehead atoms. The lowest BCUT2D eigenvalue weighted by molar-refractivity contribution is -0.116. The third-order valence-corrected chi connectivity index (χ3v) is 4.24. The topological polar surface area (TPSA) is 24.5 Å². The van der Waals surface area contributed by atoms with Crippen LogP contribution in [0.5, 0.6) is 0 Å². The highest BCUT2D eigenvalue weighted by molar-refractivity contribution is 5.85. The molecule has 108 valence electrons. The van der Waals surface area contributed by atoms with E-state index in [1.165, 1.54) is 32.5 Å². The summed E-state index contributed by atoms with van der Waals surface area (Å²) in [5.41, 5.74) is -0.0755. The van der Waals surface area contributed by atoms with Crippen LogP contribution >= 0.6 is 12.4 Å². The normalized spacial score (nSPS) is 38.2. The SMILES string of the molecule is CCN1CCCC(CC2(C)NCC(C)CO2)C1.Cl. The highest BCUT2D eigenvalue weighted by atomic mass is 35.5. The van der Waals surface area contributed by atoms with Crippen LogP contribution < -0.4 is 5.32 Å². The van der Waals surface area contributed by atoms with Crippen molar-refractivity contribution in [3.63, 3.8) is 0 Å². The van der Waals surface area contributed by atoms with Gasteiger partial charge in [-0.05, 0) is 51.1 Å². The van der Waals surface area contributed by atoms with E-state index in [4.69, 9.17) is 4.74 Å². The Balaban J connectivity index is 0.00000162. The van der Waals surface area contributed by atoms with Crippen molar-refractivity contribution in [3.8, 4) is 0 Å². The molecule has 0 radical (unpaired) electrons. The summed E-state index contributed by atoms with van der Waals surface area (Å²) in [4.78, 5) is 2.57. The van der Waals surface area contributed by atoms with Gasteiger partial charge in [-0.15, -0.1) is 12.4 Å². The van der Waals surface area contributed by atoms with Gasteiger partial charge in [-0.1, -0.05) is 13.8 Å². The van der Waals surface area contributed by atoms with Crippen molar-refractivity contribution < 1.29 is 4.74 Å². The average molecular weight is 277 g/mol. The van der Waals surface area contributed by atoms with Crippen LogP contribution in [0.25, 0.3) is 0 Å². The van der Waals surface area contributed by atoms with Gasteiger partial charge < -0.3 is 9.64 Å². The van der Waals surface area contributed by atoms with Crippen molar-refractivity contribution in [3.05, 3.63) is 0 Å². The van der Waals surface area contributed by atoms with Crippen LogP contribution in [0.15, 0.2) is 0 Å². The van der Waals surface area contributed by atoms with Gasteiger partial charge in [0.1, 0.15) is 5.72 Å². The zero-order valence-corrected chi connectivity index (χ0v) is 12.9. The number of ether oxygens (including phenoxy) is 1. The van der Waals surface area contributed by atoms with E-state index in [-0.39, 0.29) is 18.1 Å². The fourth-order valence-electron chi connectivity index (χ4n) is 3.11. The minimum Gasteiger partial charge on any atom is -0.361 e. The van der Waals surface area contributed by atoms with Crippen LogP contribution in [0.4, 0.5) is 0 Å². The smallest absolute Gasteiger partial charge is 0.116 e. The van der Waals surface area contributed by atoms with Crippen LogP contribution in [0.1, 0.15) is 40.0 Å². The summed E-state index contributed by atoms with van der Waals surface area (Å²) in [5, 5.41) is 3.58. The molecule has 3 unspecified atom stereocenters. The van der Waals surface area contributed by atoms with E-state index in [1.807, 2.05) is 0 Å².